The van der Waals surface area contributed by atoms with Gasteiger partial charge in [-0.1, -0.05) is 33.6 Å². The Balaban J connectivity index is 1.76. The van der Waals surface area contributed by atoms with E-state index in [9.17, 15) is 0 Å². The summed E-state index contributed by atoms with van der Waals surface area (Å²) in [6.45, 7) is 2.11. The van der Waals surface area contributed by atoms with Crippen LogP contribution in [0.5, 0.6) is 0 Å². The molecule has 0 spiro atoms. The van der Waals surface area contributed by atoms with Crippen molar-refractivity contribution in [3.63, 3.8) is 0 Å². The Morgan fingerprint density at radius 3 is 2.68 bits per heavy atom. The average molecular weight is 337 g/mol. The number of fused-ring (bicyclic) bond motifs is 1. The molecule has 1 aliphatic carbocycles. The third-order valence-corrected chi connectivity index (χ3v) is 4.21. The molecule has 0 saturated heterocycles. The zero-order valence-electron chi connectivity index (χ0n) is 10.7. The fourth-order valence-electron chi connectivity index (χ4n) is 2.74. The van der Waals surface area contributed by atoms with Crippen LogP contribution in [-0.2, 0) is 12.8 Å². The fourth-order valence-corrected chi connectivity index (χ4v) is 3.55. The quantitative estimate of drug-likeness (QED) is 0.814. The van der Waals surface area contributed by atoms with Crippen LogP contribution in [0.25, 0.3) is 0 Å². The molecule has 0 heterocycles. The van der Waals surface area contributed by atoms with Gasteiger partial charge in [-0.3, -0.25) is 0 Å². The molecule has 1 N–H and O–H groups in total. The predicted octanol–water partition coefficient (Wildman–Crippen LogP) is 4.99. The molecule has 1 nitrogen and oxygen atoms in total. The van der Waals surface area contributed by atoms with E-state index in [4.69, 9.17) is 11.6 Å². The highest BCUT2D eigenvalue weighted by Gasteiger charge is 2.21. The molecule has 0 saturated carbocycles. The Labute approximate surface area is 127 Å². The van der Waals surface area contributed by atoms with Crippen molar-refractivity contribution >= 4 is 33.2 Å². The molecule has 98 valence electrons. The lowest BCUT2D eigenvalue weighted by atomic mass is 10.1. The fraction of sp³-hybridized carbons (Fsp3) is 0.250. The molecule has 3 rings (SSSR count). The normalized spacial score (nSPS) is 17.3. The van der Waals surface area contributed by atoms with E-state index in [1.807, 2.05) is 6.07 Å². The van der Waals surface area contributed by atoms with Gasteiger partial charge in [-0.2, -0.15) is 0 Å². The summed E-state index contributed by atoms with van der Waals surface area (Å²) >= 11 is 9.59. The van der Waals surface area contributed by atoms with E-state index < -0.39 is 0 Å². The summed E-state index contributed by atoms with van der Waals surface area (Å²) < 4.78 is 1.12. The van der Waals surface area contributed by atoms with E-state index in [-0.39, 0.29) is 0 Å². The first-order valence-corrected chi connectivity index (χ1v) is 7.58. The number of rotatable bonds is 2. The Morgan fingerprint density at radius 2 is 1.89 bits per heavy atom. The standard InChI is InChI=1S/C16H15BrClN/c1-10-4-13(17)9-15(5-10)19-16-7-11-2-3-14(18)6-12(11)8-16/h2-6,9,16,19H,7-8H2,1H3. The van der Waals surface area contributed by atoms with Crippen molar-refractivity contribution in [2.75, 3.05) is 5.32 Å². The number of halogens is 2. The van der Waals surface area contributed by atoms with Crippen molar-refractivity contribution in [3.05, 3.63) is 62.6 Å². The molecule has 19 heavy (non-hydrogen) atoms. The zero-order chi connectivity index (χ0) is 13.4. The van der Waals surface area contributed by atoms with Crippen molar-refractivity contribution < 1.29 is 0 Å². The van der Waals surface area contributed by atoms with Gasteiger partial charge in [-0.15, -0.1) is 0 Å². The van der Waals surface area contributed by atoms with Crippen molar-refractivity contribution in [2.24, 2.45) is 0 Å². The minimum Gasteiger partial charge on any atom is -0.382 e. The predicted molar refractivity (Wildman–Crippen MR) is 85.1 cm³/mol. The second-order valence-corrected chi connectivity index (χ2v) is 6.53. The van der Waals surface area contributed by atoms with Gasteiger partial charge in [0.05, 0.1) is 0 Å². The van der Waals surface area contributed by atoms with Crippen molar-refractivity contribution in [3.8, 4) is 0 Å². The summed E-state index contributed by atoms with van der Waals surface area (Å²) in [7, 11) is 0. The van der Waals surface area contributed by atoms with E-state index in [0.29, 0.717) is 6.04 Å². The van der Waals surface area contributed by atoms with Gasteiger partial charge in [0, 0.05) is 21.2 Å². The lowest BCUT2D eigenvalue weighted by Crippen LogP contribution is -2.19. The number of hydrogen-bond donors (Lipinski definition) is 1. The van der Waals surface area contributed by atoms with E-state index in [1.165, 1.54) is 22.4 Å². The highest BCUT2D eigenvalue weighted by molar-refractivity contribution is 9.10. The lowest BCUT2D eigenvalue weighted by Gasteiger charge is -2.14. The summed E-state index contributed by atoms with van der Waals surface area (Å²) in [5, 5.41) is 4.45. The first-order valence-electron chi connectivity index (χ1n) is 6.41. The summed E-state index contributed by atoms with van der Waals surface area (Å²) in [4.78, 5) is 0. The number of aryl methyl sites for hydroxylation is 1. The smallest absolute Gasteiger partial charge is 0.0408 e. The van der Waals surface area contributed by atoms with Crippen LogP contribution in [0, 0.1) is 6.92 Å². The van der Waals surface area contributed by atoms with Gasteiger partial charge in [-0.05, 0) is 66.8 Å². The van der Waals surface area contributed by atoms with Gasteiger partial charge in [0.2, 0.25) is 0 Å². The van der Waals surface area contributed by atoms with Gasteiger partial charge in [-0.25, -0.2) is 0 Å². The van der Waals surface area contributed by atoms with Gasteiger partial charge < -0.3 is 5.32 Å². The second kappa shape index (κ2) is 5.18. The van der Waals surface area contributed by atoms with Crippen LogP contribution in [0.15, 0.2) is 40.9 Å². The number of benzene rings is 2. The molecule has 0 amide bonds. The summed E-state index contributed by atoms with van der Waals surface area (Å²) in [5.41, 5.74) is 5.22. The third-order valence-electron chi connectivity index (χ3n) is 3.51. The molecule has 0 fully saturated rings. The zero-order valence-corrected chi connectivity index (χ0v) is 13.1. The molecule has 2 aromatic rings. The van der Waals surface area contributed by atoms with Gasteiger partial charge in [0.15, 0.2) is 0 Å². The monoisotopic (exact) mass is 335 g/mol. The molecular formula is C16H15BrClN. The Morgan fingerprint density at radius 1 is 1.11 bits per heavy atom. The van der Waals surface area contributed by atoms with Crippen LogP contribution in [0.1, 0.15) is 16.7 Å². The summed E-state index contributed by atoms with van der Waals surface area (Å²) in [6.07, 6.45) is 2.11. The van der Waals surface area contributed by atoms with Crippen LogP contribution < -0.4 is 5.32 Å². The average Bonchev–Trinajstić information content (AvgIpc) is 2.68. The largest absolute Gasteiger partial charge is 0.382 e. The van der Waals surface area contributed by atoms with E-state index in [0.717, 1.165) is 22.3 Å². The maximum atomic E-state index is 6.05. The molecule has 2 aromatic carbocycles. The first kappa shape index (κ1) is 13.0. The molecule has 0 bridgehead atoms. The SMILES string of the molecule is Cc1cc(Br)cc(NC2Cc3ccc(Cl)cc3C2)c1. The highest BCUT2D eigenvalue weighted by Crippen LogP contribution is 2.28. The van der Waals surface area contributed by atoms with Crippen LogP contribution >= 0.6 is 27.5 Å². The van der Waals surface area contributed by atoms with Crippen molar-refractivity contribution in [2.45, 2.75) is 25.8 Å². The molecule has 0 aromatic heterocycles. The maximum Gasteiger partial charge on any atom is 0.0408 e. The molecular weight excluding hydrogens is 322 g/mol. The molecule has 1 atom stereocenters. The third kappa shape index (κ3) is 2.96. The van der Waals surface area contributed by atoms with E-state index >= 15 is 0 Å². The van der Waals surface area contributed by atoms with Gasteiger partial charge in [0.1, 0.15) is 0 Å². The Bertz CT molecular complexity index is 604. The van der Waals surface area contributed by atoms with Crippen LogP contribution in [0.3, 0.4) is 0 Å². The first-order chi connectivity index (χ1) is 9.10. The van der Waals surface area contributed by atoms with Crippen molar-refractivity contribution in [1.82, 2.24) is 0 Å². The second-order valence-electron chi connectivity index (χ2n) is 5.18. The van der Waals surface area contributed by atoms with Crippen molar-refractivity contribution in [1.29, 1.82) is 0 Å². The molecule has 3 heteroatoms. The van der Waals surface area contributed by atoms with Crippen LogP contribution in [0.2, 0.25) is 5.02 Å². The molecule has 0 radical (unpaired) electrons. The lowest BCUT2D eigenvalue weighted by molar-refractivity contribution is 0.774. The van der Waals surface area contributed by atoms with Crippen LogP contribution in [-0.4, -0.2) is 6.04 Å². The number of hydrogen-bond acceptors (Lipinski definition) is 1. The minimum absolute atomic E-state index is 0.460. The summed E-state index contributed by atoms with van der Waals surface area (Å²) in [6, 6.07) is 13.1. The van der Waals surface area contributed by atoms with E-state index in [2.05, 4.69) is 58.5 Å². The van der Waals surface area contributed by atoms with Gasteiger partial charge >= 0.3 is 0 Å². The van der Waals surface area contributed by atoms with Gasteiger partial charge in [0.25, 0.3) is 0 Å². The Hall–Kier alpha value is -0.990. The molecule has 0 aliphatic heterocycles. The topological polar surface area (TPSA) is 12.0 Å². The maximum absolute atomic E-state index is 6.05. The molecule has 1 unspecified atom stereocenters. The summed E-state index contributed by atoms with van der Waals surface area (Å²) in [5.74, 6) is 0. The molecule has 1 aliphatic rings. The Kier molecular flexibility index (Phi) is 3.55. The van der Waals surface area contributed by atoms with Crippen LogP contribution in [0.4, 0.5) is 5.69 Å². The number of nitrogens with one attached hydrogen (secondary N) is 1. The van der Waals surface area contributed by atoms with E-state index in [1.54, 1.807) is 0 Å². The number of anilines is 1. The minimum atomic E-state index is 0.460. The highest BCUT2D eigenvalue weighted by atomic mass is 79.9.